The normalized spacial score (nSPS) is 18.8. The highest BCUT2D eigenvalue weighted by Crippen LogP contribution is 2.45. The van der Waals surface area contributed by atoms with Crippen LogP contribution < -0.4 is 9.64 Å². The van der Waals surface area contributed by atoms with E-state index in [4.69, 9.17) is 4.74 Å². The number of fused-ring (bicyclic) bond motifs is 1. The molecule has 3 nitrogen and oxygen atoms in total. The van der Waals surface area contributed by atoms with E-state index in [1.165, 1.54) is 22.4 Å². The predicted molar refractivity (Wildman–Crippen MR) is 116 cm³/mol. The third kappa shape index (κ3) is 3.87. The molecule has 3 rings (SSSR count). The molecular weight excluding hydrogens is 332 g/mol. The molecule has 0 fully saturated rings. The highest BCUT2D eigenvalue weighted by Gasteiger charge is 2.37. The van der Waals surface area contributed by atoms with Crippen LogP contribution in [0.1, 0.15) is 63.6 Å². The van der Waals surface area contributed by atoms with Gasteiger partial charge in [0.1, 0.15) is 5.75 Å². The second kappa shape index (κ2) is 7.38. The van der Waals surface area contributed by atoms with Crippen LogP contribution >= 0.6 is 0 Å². The lowest BCUT2D eigenvalue weighted by atomic mass is 9.78. The van der Waals surface area contributed by atoms with Crippen LogP contribution in [0.2, 0.25) is 0 Å². The smallest absolute Gasteiger partial charge is 0.119 e. The molecule has 0 spiro atoms. The molecule has 2 aromatic carbocycles. The Bertz CT molecular complexity index is 834. The number of aliphatic imine (C=N–C) groups is 1. The van der Waals surface area contributed by atoms with Gasteiger partial charge in [0.25, 0.3) is 0 Å². The molecule has 0 saturated heterocycles. The summed E-state index contributed by atoms with van der Waals surface area (Å²) in [5.74, 6) is 1.39. The van der Waals surface area contributed by atoms with Gasteiger partial charge in [-0.15, -0.1) is 0 Å². The first kappa shape index (κ1) is 19.5. The topological polar surface area (TPSA) is 24.8 Å². The molecule has 1 aliphatic heterocycles. The molecule has 0 bridgehead atoms. The molecule has 0 N–H and O–H groups in total. The molecule has 1 atom stereocenters. The Hall–Kier alpha value is -2.29. The number of hydrogen-bond acceptors (Lipinski definition) is 3. The summed E-state index contributed by atoms with van der Waals surface area (Å²) in [4.78, 5) is 7.26. The van der Waals surface area contributed by atoms with Gasteiger partial charge in [-0.05, 0) is 100 Å². The molecule has 0 unspecified atom stereocenters. The Kier molecular flexibility index (Phi) is 5.32. The number of anilines is 1. The molecule has 27 heavy (non-hydrogen) atoms. The largest absolute Gasteiger partial charge is 0.497 e. The second-order valence-corrected chi connectivity index (χ2v) is 8.61. The highest BCUT2D eigenvalue weighted by atomic mass is 16.5. The van der Waals surface area contributed by atoms with E-state index >= 15 is 0 Å². The summed E-state index contributed by atoms with van der Waals surface area (Å²) >= 11 is 0. The molecule has 3 heteroatoms. The van der Waals surface area contributed by atoms with Crippen molar-refractivity contribution in [2.75, 3.05) is 12.0 Å². The number of aryl methyl sites for hydroxylation is 1. The van der Waals surface area contributed by atoms with Gasteiger partial charge in [0.2, 0.25) is 0 Å². The van der Waals surface area contributed by atoms with Crippen LogP contribution in [0.5, 0.6) is 5.75 Å². The van der Waals surface area contributed by atoms with Crippen LogP contribution in [0.15, 0.2) is 41.4 Å². The lowest BCUT2D eigenvalue weighted by molar-refractivity contribution is 0.356. The average Bonchev–Trinajstić information content (AvgIpc) is 2.59. The fourth-order valence-electron chi connectivity index (χ4n) is 4.54. The summed E-state index contributed by atoms with van der Waals surface area (Å²) in [7, 11) is 1.68. The van der Waals surface area contributed by atoms with E-state index in [1.54, 1.807) is 7.11 Å². The van der Waals surface area contributed by atoms with Gasteiger partial charge in [-0.25, -0.2) is 0 Å². The Balaban J connectivity index is 1.98. The number of benzene rings is 2. The minimum absolute atomic E-state index is 0.172. The summed E-state index contributed by atoms with van der Waals surface area (Å²) < 4.78 is 5.21. The molecule has 1 heterocycles. The van der Waals surface area contributed by atoms with Crippen molar-refractivity contribution in [2.24, 2.45) is 4.99 Å². The zero-order chi connectivity index (χ0) is 19.8. The molecule has 0 aliphatic carbocycles. The first-order chi connectivity index (χ1) is 12.7. The average molecular weight is 365 g/mol. The first-order valence-electron chi connectivity index (χ1n) is 9.85. The van der Waals surface area contributed by atoms with Crippen molar-refractivity contribution in [3.05, 3.63) is 53.1 Å². The molecule has 0 aromatic heterocycles. The number of methoxy groups -OCH3 is 1. The van der Waals surface area contributed by atoms with Crippen molar-refractivity contribution in [2.45, 2.75) is 65.5 Å². The van der Waals surface area contributed by atoms with E-state index in [1.807, 2.05) is 30.5 Å². The van der Waals surface area contributed by atoms with E-state index < -0.39 is 0 Å². The van der Waals surface area contributed by atoms with Crippen LogP contribution in [-0.2, 0) is 0 Å². The fourth-order valence-corrected chi connectivity index (χ4v) is 4.54. The lowest BCUT2D eigenvalue weighted by Gasteiger charge is -2.50. The van der Waals surface area contributed by atoms with Gasteiger partial charge in [-0.3, -0.25) is 4.99 Å². The fraction of sp³-hybridized carbons (Fsp3) is 0.458. The Labute approximate surface area is 164 Å². The standard InChI is InChI=1S/C24H32N2O/c1-16(2)26-23-12-17(3)19(13-22(23)18(4)14-24(26,5)6)15-25-20-8-10-21(27-7)11-9-20/h8-13,15-16,18H,14H2,1-7H3/t18-/m0/s1. The minimum Gasteiger partial charge on any atom is -0.497 e. The van der Waals surface area contributed by atoms with Crippen molar-refractivity contribution in [3.63, 3.8) is 0 Å². The van der Waals surface area contributed by atoms with Gasteiger partial charge in [-0.2, -0.15) is 0 Å². The van der Waals surface area contributed by atoms with Crippen molar-refractivity contribution in [3.8, 4) is 5.75 Å². The van der Waals surface area contributed by atoms with Gasteiger partial charge >= 0.3 is 0 Å². The van der Waals surface area contributed by atoms with Crippen LogP contribution in [0, 0.1) is 6.92 Å². The SMILES string of the molecule is COc1ccc(N=Cc2cc3c(cc2C)N(C(C)C)C(C)(C)C[C@@H]3C)cc1. The maximum absolute atomic E-state index is 5.21. The second-order valence-electron chi connectivity index (χ2n) is 8.61. The molecule has 0 radical (unpaired) electrons. The minimum atomic E-state index is 0.172. The van der Waals surface area contributed by atoms with Gasteiger partial charge in [0.05, 0.1) is 12.8 Å². The lowest BCUT2D eigenvalue weighted by Crippen LogP contribution is -2.51. The maximum Gasteiger partial charge on any atom is 0.119 e. The number of nitrogens with zero attached hydrogens (tertiary/aromatic N) is 2. The summed E-state index contributed by atoms with van der Waals surface area (Å²) in [5, 5.41) is 0. The van der Waals surface area contributed by atoms with Crippen molar-refractivity contribution < 1.29 is 4.74 Å². The van der Waals surface area contributed by atoms with Crippen molar-refractivity contribution >= 4 is 17.6 Å². The molecule has 0 amide bonds. The van der Waals surface area contributed by atoms with Gasteiger partial charge in [-0.1, -0.05) is 6.92 Å². The van der Waals surface area contributed by atoms with Crippen LogP contribution in [0.4, 0.5) is 11.4 Å². The first-order valence-corrected chi connectivity index (χ1v) is 9.85. The summed E-state index contributed by atoms with van der Waals surface area (Å²) in [6.07, 6.45) is 3.15. The van der Waals surface area contributed by atoms with Gasteiger partial charge in [0.15, 0.2) is 0 Å². The van der Waals surface area contributed by atoms with Crippen LogP contribution in [-0.4, -0.2) is 24.9 Å². The zero-order valence-electron chi connectivity index (χ0n) is 17.7. The summed E-state index contributed by atoms with van der Waals surface area (Å²) in [6, 6.07) is 13.0. The van der Waals surface area contributed by atoms with Crippen LogP contribution in [0.3, 0.4) is 0 Å². The maximum atomic E-state index is 5.21. The van der Waals surface area contributed by atoms with E-state index in [-0.39, 0.29) is 5.54 Å². The summed E-state index contributed by atoms with van der Waals surface area (Å²) in [5.41, 5.74) is 6.39. The molecule has 144 valence electrons. The number of ether oxygens (including phenoxy) is 1. The van der Waals surface area contributed by atoms with Crippen molar-refractivity contribution in [1.82, 2.24) is 0 Å². The quantitative estimate of drug-likeness (QED) is 0.599. The van der Waals surface area contributed by atoms with E-state index in [0.717, 1.165) is 17.9 Å². The zero-order valence-corrected chi connectivity index (χ0v) is 17.7. The number of rotatable bonds is 4. The third-order valence-corrected chi connectivity index (χ3v) is 5.61. The number of hydrogen-bond donors (Lipinski definition) is 0. The van der Waals surface area contributed by atoms with E-state index in [9.17, 15) is 0 Å². The monoisotopic (exact) mass is 364 g/mol. The highest BCUT2D eigenvalue weighted by molar-refractivity contribution is 5.86. The van der Waals surface area contributed by atoms with E-state index in [0.29, 0.717) is 12.0 Å². The van der Waals surface area contributed by atoms with Gasteiger partial charge in [0, 0.05) is 23.5 Å². The van der Waals surface area contributed by atoms with Crippen LogP contribution in [0.25, 0.3) is 0 Å². The predicted octanol–water partition coefficient (Wildman–Crippen LogP) is 6.25. The molecule has 0 saturated carbocycles. The molecular formula is C24H32N2O. The summed E-state index contributed by atoms with van der Waals surface area (Å²) in [6.45, 7) is 13.8. The third-order valence-electron chi connectivity index (χ3n) is 5.61. The Morgan fingerprint density at radius 2 is 1.85 bits per heavy atom. The molecule has 2 aromatic rings. The molecule has 1 aliphatic rings. The van der Waals surface area contributed by atoms with E-state index in [2.05, 4.69) is 63.6 Å². The Morgan fingerprint density at radius 3 is 2.44 bits per heavy atom. The Morgan fingerprint density at radius 1 is 1.19 bits per heavy atom. The van der Waals surface area contributed by atoms with Gasteiger partial charge < -0.3 is 9.64 Å². The van der Waals surface area contributed by atoms with Crippen molar-refractivity contribution in [1.29, 1.82) is 0 Å².